The summed E-state index contributed by atoms with van der Waals surface area (Å²) in [6, 6.07) is 4.21. The maximum Gasteiger partial charge on any atom is 0.449 e. The van der Waals surface area contributed by atoms with Crippen LogP contribution in [0.25, 0.3) is 22.5 Å². The first-order valence-electron chi connectivity index (χ1n) is 7.68. The summed E-state index contributed by atoms with van der Waals surface area (Å²) in [5.41, 5.74) is -0.291. The Balaban J connectivity index is 2.31. The molecule has 0 radical (unpaired) electrons. The van der Waals surface area contributed by atoms with Crippen LogP contribution in [-0.4, -0.2) is 29.6 Å². The number of hydrogen-bond donors (Lipinski definition) is 1. The van der Waals surface area contributed by atoms with Gasteiger partial charge in [-0.25, -0.2) is 22.2 Å². The zero-order valence-electron chi connectivity index (χ0n) is 14.4. The topological polar surface area (TPSA) is 75.7 Å². The third kappa shape index (κ3) is 3.61. The van der Waals surface area contributed by atoms with Gasteiger partial charge in [0.25, 0.3) is 0 Å². The molecule has 0 saturated carbocycles. The lowest BCUT2D eigenvalue weighted by Crippen LogP contribution is -2.07. The van der Waals surface area contributed by atoms with Crippen LogP contribution in [0.2, 0.25) is 0 Å². The number of H-pyrrole nitrogens is 1. The Hall–Kier alpha value is -2.82. The Morgan fingerprint density at radius 3 is 2.21 bits per heavy atom. The van der Waals surface area contributed by atoms with Crippen LogP contribution in [-0.2, 0) is 16.0 Å². The molecule has 148 valence electrons. The Morgan fingerprint density at radius 1 is 1.11 bits per heavy atom. The number of aromatic amines is 1. The third-order valence-corrected chi connectivity index (χ3v) is 5.02. The van der Waals surface area contributed by atoms with Gasteiger partial charge in [0.1, 0.15) is 16.5 Å². The van der Waals surface area contributed by atoms with E-state index >= 15 is 0 Å². The van der Waals surface area contributed by atoms with Crippen molar-refractivity contribution in [1.82, 2.24) is 15.0 Å². The molecule has 2 aromatic heterocycles. The zero-order valence-corrected chi connectivity index (χ0v) is 15.2. The number of nitrogens with one attached hydrogen (secondary N) is 1. The van der Waals surface area contributed by atoms with Gasteiger partial charge in [0.05, 0.1) is 11.4 Å². The molecule has 0 aliphatic carbocycles. The number of pyridine rings is 1. The normalized spacial score (nSPS) is 12.4. The molecule has 0 amide bonds. The number of benzene rings is 1. The Bertz CT molecular complexity index is 1150. The van der Waals surface area contributed by atoms with E-state index in [1.807, 2.05) is 0 Å². The number of imidazole rings is 1. The van der Waals surface area contributed by atoms with E-state index in [1.54, 1.807) is 6.92 Å². The highest BCUT2D eigenvalue weighted by Gasteiger charge is 2.36. The number of nitrogens with zero attached hydrogens (tertiary/aromatic N) is 2. The van der Waals surface area contributed by atoms with Gasteiger partial charge in [-0.05, 0) is 31.2 Å². The summed E-state index contributed by atoms with van der Waals surface area (Å²) in [6.07, 6.45) is -2.79. The highest BCUT2D eigenvalue weighted by Crippen LogP contribution is 2.37. The molecule has 0 saturated heterocycles. The van der Waals surface area contributed by atoms with Crippen molar-refractivity contribution in [2.75, 3.05) is 6.26 Å². The van der Waals surface area contributed by atoms with E-state index in [1.165, 1.54) is 18.3 Å². The first-order chi connectivity index (χ1) is 12.9. The van der Waals surface area contributed by atoms with Crippen molar-refractivity contribution >= 4 is 9.84 Å². The molecule has 0 fully saturated rings. The van der Waals surface area contributed by atoms with Crippen molar-refractivity contribution in [3.05, 3.63) is 53.6 Å². The van der Waals surface area contributed by atoms with Crippen LogP contribution < -0.4 is 0 Å². The van der Waals surface area contributed by atoms with Gasteiger partial charge in [0, 0.05) is 29.3 Å². The highest BCUT2D eigenvalue weighted by molar-refractivity contribution is 7.90. The number of alkyl halides is 3. The van der Waals surface area contributed by atoms with Crippen LogP contribution in [0, 0.1) is 18.6 Å². The predicted molar refractivity (Wildman–Crippen MR) is 90.0 cm³/mol. The number of aryl methyl sites for hydroxylation is 1. The predicted octanol–water partition coefficient (Wildman–Crippen LogP) is 4.15. The van der Waals surface area contributed by atoms with Crippen LogP contribution >= 0.6 is 0 Å². The van der Waals surface area contributed by atoms with Crippen molar-refractivity contribution in [1.29, 1.82) is 0 Å². The molecule has 11 heteroatoms. The number of aromatic nitrogens is 3. The Morgan fingerprint density at radius 2 is 1.71 bits per heavy atom. The van der Waals surface area contributed by atoms with Crippen LogP contribution in [0.1, 0.15) is 11.5 Å². The highest BCUT2D eigenvalue weighted by atomic mass is 32.2. The SMILES string of the molecule is Cc1ncccc1-c1[nH]c(C(F)(F)F)nc1-c1cc(F)c(S(C)(=O)=O)c(F)c1. The maximum atomic E-state index is 14.3. The lowest BCUT2D eigenvalue weighted by Gasteiger charge is -2.08. The van der Waals surface area contributed by atoms with E-state index in [0.717, 1.165) is 0 Å². The Kier molecular flexibility index (Phi) is 4.74. The molecule has 0 aliphatic heterocycles. The minimum atomic E-state index is -4.84. The second kappa shape index (κ2) is 6.66. The quantitative estimate of drug-likeness (QED) is 0.650. The first kappa shape index (κ1) is 19.9. The summed E-state index contributed by atoms with van der Waals surface area (Å²) in [4.78, 5) is 8.40. The smallest absolute Gasteiger partial charge is 0.334 e. The molecule has 5 nitrogen and oxygen atoms in total. The van der Waals surface area contributed by atoms with Crippen LogP contribution in [0.3, 0.4) is 0 Å². The summed E-state index contributed by atoms with van der Waals surface area (Å²) in [6.45, 7) is 1.54. The number of halogens is 5. The second-order valence-corrected chi connectivity index (χ2v) is 7.94. The second-order valence-electron chi connectivity index (χ2n) is 5.98. The van der Waals surface area contributed by atoms with Crippen molar-refractivity contribution in [3.8, 4) is 22.5 Å². The molecule has 0 atom stereocenters. The van der Waals surface area contributed by atoms with Gasteiger partial charge >= 0.3 is 6.18 Å². The molecule has 0 aliphatic rings. The lowest BCUT2D eigenvalue weighted by atomic mass is 10.0. The molecule has 3 aromatic rings. The summed E-state index contributed by atoms with van der Waals surface area (Å²) >= 11 is 0. The van der Waals surface area contributed by atoms with Crippen molar-refractivity contribution in [3.63, 3.8) is 0 Å². The van der Waals surface area contributed by atoms with Crippen LogP contribution in [0.5, 0.6) is 0 Å². The van der Waals surface area contributed by atoms with E-state index in [0.29, 0.717) is 24.1 Å². The number of hydrogen-bond acceptors (Lipinski definition) is 4. The van der Waals surface area contributed by atoms with E-state index in [9.17, 15) is 30.4 Å². The largest absolute Gasteiger partial charge is 0.449 e. The molecular formula is C17H12F5N3O2S. The molecule has 3 rings (SSSR count). The van der Waals surface area contributed by atoms with Gasteiger partial charge in [-0.3, -0.25) is 4.98 Å². The lowest BCUT2D eigenvalue weighted by molar-refractivity contribution is -0.144. The molecule has 1 aromatic carbocycles. The molecule has 1 N–H and O–H groups in total. The summed E-state index contributed by atoms with van der Waals surface area (Å²) in [5, 5.41) is 0. The van der Waals surface area contributed by atoms with E-state index in [4.69, 9.17) is 0 Å². The third-order valence-electron chi connectivity index (χ3n) is 3.89. The average molecular weight is 417 g/mol. The average Bonchev–Trinajstić information content (AvgIpc) is 2.98. The fourth-order valence-corrected chi connectivity index (χ4v) is 3.54. The van der Waals surface area contributed by atoms with Crippen LogP contribution in [0.15, 0.2) is 35.4 Å². The maximum absolute atomic E-state index is 14.3. The molecular weight excluding hydrogens is 405 g/mol. The van der Waals surface area contributed by atoms with Crippen molar-refractivity contribution in [2.45, 2.75) is 18.0 Å². The minimum Gasteiger partial charge on any atom is -0.334 e. The van der Waals surface area contributed by atoms with E-state index < -0.39 is 38.4 Å². The fourth-order valence-electron chi connectivity index (χ4n) is 2.71. The van der Waals surface area contributed by atoms with Gasteiger partial charge in [-0.2, -0.15) is 13.2 Å². The standard InChI is InChI=1S/C17H12F5N3O2S/c1-8-10(4-3-5-23-8)14-13(24-16(25-14)17(20,21)22)9-6-11(18)15(12(19)7-9)28(2,26)27/h3-7H,1-2H3,(H,24,25). The summed E-state index contributed by atoms with van der Waals surface area (Å²) < 4.78 is 91.0. The van der Waals surface area contributed by atoms with E-state index in [-0.39, 0.29) is 22.5 Å². The number of rotatable bonds is 3. The minimum absolute atomic E-state index is 0.149. The molecule has 0 spiro atoms. The van der Waals surface area contributed by atoms with Gasteiger partial charge in [-0.15, -0.1) is 0 Å². The summed E-state index contributed by atoms with van der Waals surface area (Å²) in [5.74, 6) is -4.22. The number of sulfone groups is 1. The molecule has 28 heavy (non-hydrogen) atoms. The first-order valence-corrected chi connectivity index (χ1v) is 9.57. The van der Waals surface area contributed by atoms with Gasteiger partial charge in [0.2, 0.25) is 5.82 Å². The Labute approximate surface area is 156 Å². The van der Waals surface area contributed by atoms with Crippen LogP contribution in [0.4, 0.5) is 22.0 Å². The van der Waals surface area contributed by atoms with Crippen molar-refractivity contribution < 1.29 is 30.4 Å². The van der Waals surface area contributed by atoms with Gasteiger partial charge in [0.15, 0.2) is 9.84 Å². The van der Waals surface area contributed by atoms with Crippen molar-refractivity contribution in [2.24, 2.45) is 0 Å². The summed E-state index contributed by atoms with van der Waals surface area (Å²) in [7, 11) is -4.22. The zero-order chi connectivity index (χ0) is 20.9. The van der Waals surface area contributed by atoms with Gasteiger partial charge in [-0.1, -0.05) is 0 Å². The molecule has 0 unspecified atom stereocenters. The molecule has 0 bridgehead atoms. The van der Waals surface area contributed by atoms with Gasteiger partial charge < -0.3 is 4.98 Å². The molecule has 2 heterocycles. The fraction of sp³-hybridized carbons (Fsp3) is 0.176. The monoisotopic (exact) mass is 417 g/mol. The van der Waals surface area contributed by atoms with E-state index in [2.05, 4.69) is 15.0 Å².